The van der Waals surface area contributed by atoms with Crippen LogP contribution in [-0.2, 0) is 6.42 Å². The van der Waals surface area contributed by atoms with Gasteiger partial charge in [-0.1, -0.05) is 26.8 Å². The molecule has 0 aliphatic carbocycles. The Morgan fingerprint density at radius 3 is 2.53 bits per heavy atom. The Balaban J connectivity index is 2.61. The topological polar surface area (TPSA) is 24.9 Å². The maximum atomic E-state index is 4.44. The van der Waals surface area contributed by atoms with Crippen molar-refractivity contribution in [2.24, 2.45) is 5.92 Å². The second kappa shape index (κ2) is 5.86. The van der Waals surface area contributed by atoms with Crippen molar-refractivity contribution in [3.05, 3.63) is 29.6 Å². The van der Waals surface area contributed by atoms with Gasteiger partial charge in [0, 0.05) is 24.4 Å². The first-order valence-electron chi connectivity index (χ1n) is 5.78. The van der Waals surface area contributed by atoms with Gasteiger partial charge in [0.1, 0.15) is 0 Å². The first-order chi connectivity index (χ1) is 7.13. The Bertz CT molecular complexity index is 277. The van der Waals surface area contributed by atoms with Gasteiger partial charge < -0.3 is 5.32 Å². The van der Waals surface area contributed by atoms with E-state index in [9.17, 15) is 0 Å². The number of nitrogens with one attached hydrogen (secondary N) is 1. The first kappa shape index (κ1) is 12.2. The van der Waals surface area contributed by atoms with Gasteiger partial charge in [-0.3, -0.25) is 4.98 Å². The van der Waals surface area contributed by atoms with E-state index in [4.69, 9.17) is 0 Å². The number of hydrogen-bond donors (Lipinski definition) is 1. The van der Waals surface area contributed by atoms with Gasteiger partial charge in [0.05, 0.1) is 0 Å². The van der Waals surface area contributed by atoms with Gasteiger partial charge in [0.2, 0.25) is 0 Å². The standard InChI is InChI=1S/C13H22N2/c1-5-14-13(10(2)3)8-12-7-6-11(4)9-15-12/h6-7,9-10,13-14H,5,8H2,1-4H3. The molecule has 0 fully saturated rings. The molecule has 1 atom stereocenters. The molecular formula is C13H22N2. The highest BCUT2D eigenvalue weighted by Gasteiger charge is 2.12. The van der Waals surface area contributed by atoms with E-state index < -0.39 is 0 Å². The summed E-state index contributed by atoms with van der Waals surface area (Å²) in [7, 11) is 0. The Kier molecular flexibility index (Phi) is 4.76. The zero-order chi connectivity index (χ0) is 11.3. The summed E-state index contributed by atoms with van der Waals surface area (Å²) in [4.78, 5) is 4.44. The third-order valence-electron chi connectivity index (χ3n) is 2.67. The van der Waals surface area contributed by atoms with Crippen LogP contribution in [0.5, 0.6) is 0 Å². The molecule has 1 aromatic rings. The quantitative estimate of drug-likeness (QED) is 0.801. The number of likely N-dealkylation sites (N-methyl/N-ethyl adjacent to an activating group) is 1. The summed E-state index contributed by atoms with van der Waals surface area (Å²) >= 11 is 0. The lowest BCUT2D eigenvalue weighted by molar-refractivity contribution is 0.402. The minimum absolute atomic E-state index is 0.533. The largest absolute Gasteiger partial charge is 0.314 e. The molecular weight excluding hydrogens is 184 g/mol. The monoisotopic (exact) mass is 206 g/mol. The van der Waals surface area contributed by atoms with Crippen molar-refractivity contribution in [3.8, 4) is 0 Å². The van der Waals surface area contributed by atoms with E-state index in [0.717, 1.165) is 13.0 Å². The van der Waals surface area contributed by atoms with Crippen LogP contribution >= 0.6 is 0 Å². The van der Waals surface area contributed by atoms with E-state index in [1.54, 1.807) is 0 Å². The van der Waals surface area contributed by atoms with Gasteiger partial charge in [-0.25, -0.2) is 0 Å². The highest BCUT2D eigenvalue weighted by atomic mass is 14.9. The first-order valence-corrected chi connectivity index (χ1v) is 5.78. The van der Waals surface area contributed by atoms with Crippen LogP contribution in [0.3, 0.4) is 0 Å². The van der Waals surface area contributed by atoms with Gasteiger partial charge in [-0.2, -0.15) is 0 Å². The van der Waals surface area contributed by atoms with Crippen LogP contribution in [0.1, 0.15) is 32.0 Å². The van der Waals surface area contributed by atoms with Crippen LogP contribution < -0.4 is 5.32 Å². The van der Waals surface area contributed by atoms with Crippen LogP contribution in [0.2, 0.25) is 0 Å². The number of pyridine rings is 1. The lowest BCUT2D eigenvalue weighted by Crippen LogP contribution is -2.35. The molecule has 0 aromatic carbocycles. The molecule has 0 spiro atoms. The van der Waals surface area contributed by atoms with E-state index in [2.05, 4.69) is 50.1 Å². The van der Waals surface area contributed by atoms with E-state index in [0.29, 0.717) is 12.0 Å². The summed E-state index contributed by atoms with van der Waals surface area (Å²) in [6, 6.07) is 4.79. The molecule has 1 unspecified atom stereocenters. The minimum atomic E-state index is 0.533. The number of aromatic nitrogens is 1. The van der Waals surface area contributed by atoms with Crippen molar-refractivity contribution in [3.63, 3.8) is 0 Å². The number of nitrogens with zero attached hydrogens (tertiary/aromatic N) is 1. The van der Waals surface area contributed by atoms with Crippen molar-refractivity contribution in [2.45, 2.75) is 40.2 Å². The number of hydrogen-bond acceptors (Lipinski definition) is 2. The molecule has 0 aliphatic heterocycles. The highest BCUT2D eigenvalue weighted by Crippen LogP contribution is 2.08. The molecule has 2 heteroatoms. The molecule has 1 rings (SSSR count). The maximum absolute atomic E-state index is 4.44. The second-order valence-corrected chi connectivity index (χ2v) is 4.44. The zero-order valence-corrected chi connectivity index (χ0v) is 10.2. The van der Waals surface area contributed by atoms with Crippen LogP contribution in [-0.4, -0.2) is 17.6 Å². The predicted octanol–water partition coefficient (Wildman–Crippen LogP) is 2.57. The normalized spacial score (nSPS) is 13.1. The lowest BCUT2D eigenvalue weighted by Gasteiger charge is -2.21. The van der Waals surface area contributed by atoms with Crippen LogP contribution in [0.4, 0.5) is 0 Å². The molecule has 1 N–H and O–H groups in total. The van der Waals surface area contributed by atoms with Gasteiger partial charge in [-0.05, 0) is 31.0 Å². The fourth-order valence-electron chi connectivity index (χ4n) is 1.65. The van der Waals surface area contributed by atoms with Crippen molar-refractivity contribution >= 4 is 0 Å². The molecule has 1 heterocycles. The Morgan fingerprint density at radius 1 is 1.33 bits per heavy atom. The molecule has 0 saturated carbocycles. The minimum Gasteiger partial charge on any atom is -0.314 e. The summed E-state index contributed by atoms with van der Waals surface area (Å²) in [6.45, 7) is 9.75. The van der Waals surface area contributed by atoms with Crippen LogP contribution in [0.25, 0.3) is 0 Å². The van der Waals surface area contributed by atoms with Crippen molar-refractivity contribution in [1.29, 1.82) is 0 Å². The molecule has 0 saturated heterocycles. The van der Waals surface area contributed by atoms with Crippen LogP contribution in [0.15, 0.2) is 18.3 Å². The third kappa shape index (κ3) is 4.00. The molecule has 84 valence electrons. The van der Waals surface area contributed by atoms with E-state index in [1.807, 2.05) is 6.20 Å². The Morgan fingerprint density at radius 2 is 2.07 bits per heavy atom. The summed E-state index contributed by atoms with van der Waals surface area (Å²) in [6.07, 6.45) is 2.96. The van der Waals surface area contributed by atoms with Crippen molar-refractivity contribution in [1.82, 2.24) is 10.3 Å². The molecule has 1 aromatic heterocycles. The van der Waals surface area contributed by atoms with Crippen molar-refractivity contribution in [2.75, 3.05) is 6.54 Å². The second-order valence-electron chi connectivity index (χ2n) is 4.44. The molecule has 0 amide bonds. The van der Waals surface area contributed by atoms with E-state index >= 15 is 0 Å². The van der Waals surface area contributed by atoms with Gasteiger partial charge >= 0.3 is 0 Å². The summed E-state index contributed by atoms with van der Waals surface area (Å²) in [5.41, 5.74) is 2.41. The average Bonchev–Trinajstić information content (AvgIpc) is 2.20. The average molecular weight is 206 g/mol. The number of aryl methyl sites for hydroxylation is 1. The van der Waals surface area contributed by atoms with Crippen molar-refractivity contribution < 1.29 is 0 Å². The molecule has 0 aliphatic rings. The fourth-order valence-corrected chi connectivity index (χ4v) is 1.65. The molecule has 15 heavy (non-hydrogen) atoms. The number of rotatable bonds is 5. The zero-order valence-electron chi connectivity index (χ0n) is 10.2. The smallest absolute Gasteiger partial charge is 0.0419 e. The lowest BCUT2D eigenvalue weighted by atomic mass is 9.99. The summed E-state index contributed by atoms with van der Waals surface area (Å²) in [5.74, 6) is 0.646. The van der Waals surface area contributed by atoms with Gasteiger partial charge in [0.25, 0.3) is 0 Å². The highest BCUT2D eigenvalue weighted by molar-refractivity contribution is 5.13. The Hall–Kier alpha value is -0.890. The summed E-state index contributed by atoms with van der Waals surface area (Å²) < 4.78 is 0. The van der Waals surface area contributed by atoms with E-state index in [-0.39, 0.29) is 0 Å². The summed E-state index contributed by atoms with van der Waals surface area (Å²) in [5, 5.41) is 3.51. The molecule has 2 nitrogen and oxygen atoms in total. The van der Waals surface area contributed by atoms with Crippen LogP contribution in [0, 0.1) is 12.8 Å². The fraction of sp³-hybridized carbons (Fsp3) is 0.615. The predicted molar refractivity (Wildman–Crippen MR) is 65.0 cm³/mol. The molecule has 0 bridgehead atoms. The molecule has 0 radical (unpaired) electrons. The van der Waals surface area contributed by atoms with Gasteiger partial charge in [0.15, 0.2) is 0 Å². The van der Waals surface area contributed by atoms with E-state index in [1.165, 1.54) is 11.3 Å². The maximum Gasteiger partial charge on any atom is 0.0419 e. The SMILES string of the molecule is CCNC(Cc1ccc(C)cn1)C(C)C. The third-order valence-corrected chi connectivity index (χ3v) is 2.67. The van der Waals surface area contributed by atoms with Gasteiger partial charge in [-0.15, -0.1) is 0 Å². The Labute approximate surface area is 93.1 Å².